The first-order valence-electron chi connectivity index (χ1n) is 7.06. The van der Waals surface area contributed by atoms with E-state index in [4.69, 9.17) is 0 Å². The molecule has 0 radical (unpaired) electrons. The van der Waals surface area contributed by atoms with E-state index in [-0.39, 0.29) is 11.3 Å². The number of carbonyl (C=O) groups is 2. The molecule has 1 aromatic carbocycles. The molecule has 1 aromatic heterocycles. The fourth-order valence-electron chi connectivity index (χ4n) is 2.06. The quantitative estimate of drug-likeness (QED) is 0.778. The van der Waals surface area contributed by atoms with Crippen LogP contribution in [-0.4, -0.2) is 25.5 Å². The van der Waals surface area contributed by atoms with Crippen molar-refractivity contribution in [1.29, 1.82) is 0 Å². The van der Waals surface area contributed by atoms with Gasteiger partial charge in [-0.2, -0.15) is 0 Å². The van der Waals surface area contributed by atoms with E-state index >= 15 is 0 Å². The lowest BCUT2D eigenvalue weighted by Crippen LogP contribution is -2.36. The molecule has 6 heteroatoms. The second kappa shape index (κ2) is 7.27. The van der Waals surface area contributed by atoms with Crippen LogP contribution < -0.4 is 5.32 Å². The van der Waals surface area contributed by atoms with E-state index in [2.05, 4.69) is 39.8 Å². The van der Waals surface area contributed by atoms with Crippen molar-refractivity contribution in [1.82, 2.24) is 5.32 Å². The zero-order valence-corrected chi connectivity index (χ0v) is 15.6. The molecular formula is C17H18BrNO3S. The average Bonchev–Trinajstić information content (AvgIpc) is 3.02. The number of hydrogen-bond acceptors (Lipinski definition) is 4. The molecule has 0 saturated heterocycles. The zero-order chi connectivity index (χ0) is 17.0. The fraction of sp³-hybridized carbons (Fsp3) is 0.294. The van der Waals surface area contributed by atoms with Crippen molar-refractivity contribution in [3.8, 4) is 0 Å². The van der Waals surface area contributed by atoms with Crippen LogP contribution >= 0.6 is 27.3 Å². The molecule has 0 aliphatic heterocycles. The molecule has 0 aliphatic carbocycles. The Labute approximate surface area is 148 Å². The van der Waals surface area contributed by atoms with Gasteiger partial charge in [-0.3, -0.25) is 4.79 Å². The second-order valence-electron chi connectivity index (χ2n) is 5.73. The van der Waals surface area contributed by atoms with Gasteiger partial charge < -0.3 is 10.1 Å². The Balaban J connectivity index is 2.01. The molecule has 122 valence electrons. The van der Waals surface area contributed by atoms with Crippen molar-refractivity contribution >= 4 is 39.1 Å². The summed E-state index contributed by atoms with van der Waals surface area (Å²) >= 11 is 4.55. The number of thiophene rings is 1. The molecule has 0 aliphatic rings. The molecule has 0 unspecified atom stereocenters. The van der Waals surface area contributed by atoms with Crippen LogP contribution in [0.2, 0.25) is 0 Å². The van der Waals surface area contributed by atoms with Crippen LogP contribution in [0.4, 0.5) is 0 Å². The Bertz CT molecular complexity index is 707. The third kappa shape index (κ3) is 4.42. The van der Waals surface area contributed by atoms with Crippen molar-refractivity contribution in [3.63, 3.8) is 0 Å². The molecule has 4 nitrogen and oxygen atoms in total. The first-order valence-corrected chi connectivity index (χ1v) is 8.67. The third-order valence-corrected chi connectivity index (χ3v) is 5.13. The highest BCUT2D eigenvalue weighted by Gasteiger charge is 2.22. The molecule has 0 spiro atoms. The summed E-state index contributed by atoms with van der Waals surface area (Å²) in [7, 11) is 1.32. The van der Waals surface area contributed by atoms with Crippen molar-refractivity contribution in [2.24, 2.45) is 0 Å². The van der Waals surface area contributed by atoms with E-state index in [1.807, 2.05) is 24.3 Å². The van der Waals surface area contributed by atoms with Crippen molar-refractivity contribution < 1.29 is 14.3 Å². The molecular weight excluding hydrogens is 378 g/mol. The normalized spacial score (nSPS) is 11.1. The van der Waals surface area contributed by atoms with Gasteiger partial charge in [0.1, 0.15) is 4.88 Å². The van der Waals surface area contributed by atoms with Crippen LogP contribution in [0.3, 0.4) is 0 Å². The number of carbonyl (C=O) groups excluding carboxylic acids is 2. The minimum Gasteiger partial charge on any atom is -0.465 e. The van der Waals surface area contributed by atoms with E-state index in [0.717, 1.165) is 21.4 Å². The van der Waals surface area contributed by atoms with Gasteiger partial charge in [0.05, 0.1) is 12.0 Å². The monoisotopic (exact) mass is 395 g/mol. The predicted molar refractivity (Wildman–Crippen MR) is 95.2 cm³/mol. The molecule has 1 amide bonds. The number of ether oxygens (including phenoxy) is 1. The highest BCUT2D eigenvalue weighted by molar-refractivity contribution is 9.10. The number of rotatable bonds is 5. The topological polar surface area (TPSA) is 55.4 Å². The predicted octanol–water partition coefficient (Wildman–Crippen LogP) is 4.00. The summed E-state index contributed by atoms with van der Waals surface area (Å²) in [5.41, 5.74) is 0.946. The van der Waals surface area contributed by atoms with Gasteiger partial charge in [0, 0.05) is 16.4 Å². The largest absolute Gasteiger partial charge is 0.465 e. The smallest absolute Gasteiger partial charge is 0.348 e. The molecule has 0 saturated carbocycles. The molecule has 23 heavy (non-hydrogen) atoms. The summed E-state index contributed by atoms with van der Waals surface area (Å²) in [6.45, 7) is 4.65. The number of esters is 1. The Hall–Kier alpha value is -1.66. The van der Waals surface area contributed by atoms with Gasteiger partial charge in [0.25, 0.3) is 5.91 Å². The molecule has 1 N–H and O–H groups in total. The Morgan fingerprint density at radius 1 is 1.13 bits per heavy atom. The Morgan fingerprint density at radius 3 is 2.35 bits per heavy atom. The highest BCUT2D eigenvalue weighted by Crippen LogP contribution is 2.24. The van der Waals surface area contributed by atoms with Crippen LogP contribution in [-0.2, 0) is 10.2 Å². The van der Waals surface area contributed by atoms with E-state index in [1.165, 1.54) is 7.11 Å². The van der Waals surface area contributed by atoms with Crippen LogP contribution in [0.25, 0.3) is 0 Å². The molecule has 0 fully saturated rings. The lowest BCUT2D eigenvalue weighted by Gasteiger charge is -2.25. The molecule has 2 aromatic rings. The van der Waals surface area contributed by atoms with Crippen LogP contribution in [0, 0.1) is 0 Å². The lowest BCUT2D eigenvalue weighted by atomic mass is 9.84. The lowest BCUT2D eigenvalue weighted by molar-refractivity contribution is 0.0606. The summed E-state index contributed by atoms with van der Waals surface area (Å²) in [5, 5.41) is 2.93. The summed E-state index contributed by atoms with van der Waals surface area (Å²) in [5.74, 6) is -0.611. The van der Waals surface area contributed by atoms with Crippen LogP contribution in [0.15, 0.2) is 40.9 Å². The summed E-state index contributed by atoms with van der Waals surface area (Å²) in [4.78, 5) is 24.6. The van der Waals surface area contributed by atoms with Crippen molar-refractivity contribution in [3.05, 3.63) is 56.2 Å². The van der Waals surface area contributed by atoms with Gasteiger partial charge in [0.2, 0.25) is 0 Å². The first-order chi connectivity index (χ1) is 10.8. The van der Waals surface area contributed by atoms with Crippen molar-refractivity contribution in [2.45, 2.75) is 19.3 Å². The number of amides is 1. The standard InChI is InChI=1S/C17H18BrNO3S/c1-17(2,11-4-6-12(18)7-5-11)10-19-15(20)13-8-9-14(23-13)16(21)22-3/h4-9H,10H2,1-3H3,(H,19,20). The van der Waals surface area contributed by atoms with E-state index in [9.17, 15) is 9.59 Å². The van der Waals surface area contributed by atoms with Crippen molar-refractivity contribution in [2.75, 3.05) is 13.7 Å². The average molecular weight is 396 g/mol. The minimum atomic E-state index is -0.427. The van der Waals surface area contributed by atoms with Crippen LogP contribution in [0.1, 0.15) is 38.8 Å². The van der Waals surface area contributed by atoms with E-state index < -0.39 is 5.97 Å². The number of nitrogens with one attached hydrogen (secondary N) is 1. The Kier molecular flexibility index (Phi) is 5.59. The van der Waals surface area contributed by atoms with Gasteiger partial charge in [-0.15, -0.1) is 11.3 Å². The third-order valence-electron chi connectivity index (χ3n) is 3.53. The summed E-state index contributed by atoms with van der Waals surface area (Å²) in [6, 6.07) is 11.3. The number of benzene rings is 1. The number of methoxy groups -OCH3 is 1. The zero-order valence-electron chi connectivity index (χ0n) is 13.2. The number of hydrogen-bond donors (Lipinski definition) is 1. The maximum absolute atomic E-state index is 12.2. The van der Waals surface area contributed by atoms with Crippen LogP contribution in [0.5, 0.6) is 0 Å². The molecule has 2 rings (SSSR count). The summed E-state index contributed by atoms with van der Waals surface area (Å²) < 4.78 is 5.67. The maximum Gasteiger partial charge on any atom is 0.348 e. The first kappa shape index (κ1) is 17.7. The summed E-state index contributed by atoms with van der Waals surface area (Å²) in [6.07, 6.45) is 0. The second-order valence-corrected chi connectivity index (χ2v) is 7.73. The minimum absolute atomic E-state index is 0.185. The molecule has 0 atom stereocenters. The van der Waals surface area contributed by atoms with E-state index in [1.54, 1.807) is 12.1 Å². The van der Waals surface area contributed by atoms with Gasteiger partial charge >= 0.3 is 5.97 Å². The highest BCUT2D eigenvalue weighted by atomic mass is 79.9. The van der Waals surface area contributed by atoms with Gasteiger partial charge in [-0.25, -0.2) is 4.79 Å². The van der Waals surface area contributed by atoms with E-state index in [0.29, 0.717) is 16.3 Å². The van der Waals surface area contributed by atoms with Gasteiger partial charge in [0.15, 0.2) is 0 Å². The van der Waals surface area contributed by atoms with Gasteiger partial charge in [-0.05, 0) is 29.8 Å². The Morgan fingerprint density at radius 2 is 1.74 bits per heavy atom. The maximum atomic E-state index is 12.2. The number of halogens is 1. The van der Waals surface area contributed by atoms with Gasteiger partial charge in [-0.1, -0.05) is 41.9 Å². The fourth-order valence-corrected chi connectivity index (χ4v) is 3.17. The molecule has 1 heterocycles. The SMILES string of the molecule is COC(=O)c1ccc(C(=O)NCC(C)(C)c2ccc(Br)cc2)s1. The molecule has 0 bridgehead atoms.